The molecule has 0 fully saturated rings. The van der Waals surface area contributed by atoms with Crippen molar-refractivity contribution >= 4 is 23.4 Å². The summed E-state index contributed by atoms with van der Waals surface area (Å²) in [7, 11) is 0. The van der Waals surface area contributed by atoms with Crippen LogP contribution < -0.4 is 10.6 Å². The number of hydrogen-bond donors (Lipinski definition) is 2. The minimum absolute atomic E-state index is 0.0127. The monoisotopic (exact) mass is 286 g/mol. The van der Waals surface area contributed by atoms with Gasteiger partial charge in [-0.2, -0.15) is 0 Å². The number of carbonyl (C=O) groups is 2. The van der Waals surface area contributed by atoms with Gasteiger partial charge in [0, 0.05) is 6.54 Å². The van der Waals surface area contributed by atoms with Gasteiger partial charge in [-0.3, -0.25) is 9.59 Å². The molecule has 0 heterocycles. The molecule has 0 aliphatic heterocycles. The fourth-order valence-corrected chi connectivity index (χ4v) is 1.67. The summed E-state index contributed by atoms with van der Waals surface area (Å²) >= 11 is 5.77. The van der Waals surface area contributed by atoms with Gasteiger partial charge in [-0.15, -0.1) is 0 Å². The molecule has 0 aliphatic carbocycles. The quantitative estimate of drug-likeness (QED) is 0.871. The Morgan fingerprint density at radius 2 is 2.11 bits per heavy atom. The smallest absolute Gasteiger partial charge is 0.253 e. The van der Waals surface area contributed by atoms with Crippen molar-refractivity contribution in [3.8, 4) is 0 Å². The van der Waals surface area contributed by atoms with Crippen LogP contribution in [0.3, 0.4) is 0 Å². The Morgan fingerprint density at radius 1 is 1.42 bits per heavy atom. The molecule has 4 nitrogen and oxygen atoms in total. The van der Waals surface area contributed by atoms with E-state index in [2.05, 4.69) is 10.6 Å². The minimum Gasteiger partial charge on any atom is -0.354 e. The molecule has 1 aromatic rings. The van der Waals surface area contributed by atoms with E-state index in [-0.39, 0.29) is 16.5 Å². The topological polar surface area (TPSA) is 58.2 Å². The summed E-state index contributed by atoms with van der Waals surface area (Å²) in [5.74, 6) is -1.30. The number of rotatable bonds is 5. The van der Waals surface area contributed by atoms with Gasteiger partial charge in [-0.25, -0.2) is 4.39 Å². The van der Waals surface area contributed by atoms with Gasteiger partial charge < -0.3 is 10.6 Å². The lowest BCUT2D eigenvalue weighted by Crippen LogP contribution is -2.45. The number of halogens is 2. The van der Waals surface area contributed by atoms with Gasteiger partial charge in [0.1, 0.15) is 11.9 Å². The lowest BCUT2D eigenvalue weighted by molar-refractivity contribution is -0.122. The fourth-order valence-electron chi connectivity index (χ4n) is 1.41. The second kappa shape index (κ2) is 7.09. The maximum Gasteiger partial charge on any atom is 0.253 e. The van der Waals surface area contributed by atoms with E-state index in [1.807, 2.05) is 6.92 Å². The van der Waals surface area contributed by atoms with Gasteiger partial charge in [-0.05, 0) is 31.5 Å². The van der Waals surface area contributed by atoms with E-state index >= 15 is 0 Å². The zero-order valence-electron chi connectivity index (χ0n) is 10.8. The molecular weight excluding hydrogens is 271 g/mol. The Morgan fingerprint density at radius 3 is 2.68 bits per heavy atom. The van der Waals surface area contributed by atoms with E-state index in [0.29, 0.717) is 6.54 Å². The van der Waals surface area contributed by atoms with Gasteiger partial charge in [0.05, 0.1) is 10.6 Å². The summed E-state index contributed by atoms with van der Waals surface area (Å²) in [6.45, 7) is 4.05. The molecule has 0 saturated heterocycles. The van der Waals surface area contributed by atoms with E-state index in [1.165, 1.54) is 6.07 Å². The van der Waals surface area contributed by atoms with E-state index in [9.17, 15) is 14.0 Å². The summed E-state index contributed by atoms with van der Waals surface area (Å²) in [6, 6.07) is 2.80. The molecule has 0 saturated carbocycles. The Labute approximate surface area is 116 Å². The molecule has 104 valence electrons. The number of benzene rings is 1. The second-order valence-electron chi connectivity index (χ2n) is 4.11. The Hall–Kier alpha value is -1.62. The molecule has 0 bridgehead atoms. The zero-order valence-corrected chi connectivity index (χ0v) is 11.6. The maximum atomic E-state index is 12.9. The highest BCUT2D eigenvalue weighted by atomic mass is 35.5. The molecule has 0 aromatic heterocycles. The largest absolute Gasteiger partial charge is 0.354 e. The van der Waals surface area contributed by atoms with Gasteiger partial charge in [0.2, 0.25) is 5.91 Å². The van der Waals surface area contributed by atoms with Crippen LogP contribution in [0.4, 0.5) is 4.39 Å². The summed E-state index contributed by atoms with van der Waals surface area (Å²) in [6.07, 6.45) is 0.816. The van der Waals surface area contributed by atoms with Crippen molar-refractivity contribution in [2.75, 3.05) is 6.54 Å². The Bertz CT molecular complexity index is 480. The van der Waals surface area contributed by atoms with Crippen molar-refractivity contribution in [2.45, 2.75) is 26.3 Å². The SMILES string of the molecule is CCCNC(=O)C(C)NC(=O)c1ccc(F)cc1Cl. The maximum absolute atomic E-state index is 12.9. The van der Waals surface area contributed by atoms with Crippen LogP contribution in [0.25, 0.3) is 0 Å². The highest BCUT2D eigenvalue weighted by molar-refractivity contribution is 6.33. The lowest BCUT2D eigenvalue weighted by atomic mass is 10.2. The summed E-state index contributed by atoms with van der Waals surface area (Å²) < 4.78 is 12.9. The van der Waals surface area contributed by atoms with Crippen LogP contribution in [-0.4, -0.2) is 24.4 Å². The summed E-state index contributed by atoms with van der Waals surface area (Å²) in [5.41, 5.74) is 0.137. The first kappa shape index (κ1) is 15.4. The molecular formula is C13H16ClFN2O2. The van der Waals surface area contributed by atoms with Crippen LogP contribution in [0, 0.1) is 5.82 Å². The van der Waals surface area contributed by atoms with Gasteiger partial charge in [0.15, 0.2) is 0 Å². The van der Waals surface area contributed by atoms with Crippen molar-refractivity contribution in [3.63, 3.8) is 0 Å². The third-order valence-electron chi connectivity index (χ3n) is 2.47. The van der Waals surface area contributed by atoms with Gasteiger partial charge >= 0.3 is 0 Å². The summed E-state index contributed by atoms with van der Waals surface area (Å²) in [5, 5.41) is 5.19. The lowest BCUT2D eigenvalue weighted by Gasteiger charge is -2.14. The van der Waals surface area contributed by atoms with Crippen LogP contribution in [0.15, 0.2) is 18.2 Å². The molecule has 2 N–H and O–H groups in total. The van der Waals surface area contributed by atoms with Crippen LogP contribution in [0.2, 0.25) is 5.02 Å². The predicted octanol–water partition coefficient (Wildman–Crippen LogP) is 2.12. The zero-order chi connectivity index (χ0) is 14.4. The van der Waals surface area contributed by atoms with Gasteiger partial charge in [-0.1, -0.05) is 18.5 Å². The molecule has 1 unspecified atom stereocenters. The first-order chi connectivity index (χ1) is 8.95. The number of carbonyl (C=O) groups excluding carboxylic acids is 2. The molecule has 1 aromatic carbocycles. The first-order valence-electron chi connectivity index (χ1n) is 5.99. The van der Waals surface area contributed by atoms with Crippen LogP contribution in [-0.2, 0) is 4.79 Å². The first-order valence-corrected chi connectivity index (χ1v) is 6.37. The fraction of sp³-hybridized carbons (Fsp3) is 0.385. The Kier molecular flexibility index (Phi) is 5.76. The van der Waals surface area contributed by atoms with Crippen molar-refractivity contribution in [3.05, 3.63) is 34.6 Å². The number of nitrogens with one attached hydrogen (secondary N) is 2. The highest BCUT2D eigenvalue weighted by Crippen LogP contribution is 2.17. The van der Waals surface area contributed by atoms with E-state index in [4.69, 9.17) is 11.6 Å². The Balaban J connectivity index is 2.66. The third-order valence-corrected chi connectivity index (χ3v) is 2.78. The second-order valence-corrected chi connectivity index (χ2v) is 4.52. The normalized spacial score (nSPS) is 11.8. The summed E-state index contributed by atoms with van der Waals surface area (Å²) in [4.78, 5) is 23.5. The average Bonchev–Trinajstić information content (AvgIpc) is 2.35. The van der Waals surface area contributed by atoms with E-state index in [0.717, 1.165) is 18.6 Å². The van der Waals surface area contributed by atoms with Crippen molar-refractivity contribution in [1.82, 2.24) is 10.6 Å². The van der Waals surface area contributed by atoms with Crippen molar-refractivity contribution in [2.24, 2.45) is 0 Å². The highest BCUT2D eigenvalue weighted by Gasteiger charge is 2.17. The molecule has 2 amide bonds. The van der Waals surface area contributed by atoms with Crippen LogP contribution >= 0.6 is 11.6 Å². The molecule has 1 rings (SSSR count). The third kappa shape index (κ3) is 4.52. The van der Waals surface area contributed by atoms with E-state index in [1.54, 1.807) is 6.92 Å². The molecule has 0 radical (unpaired) electrons. The van der Waals surface area contributed by atoms with Crippen LogP contribution in [0.1, 0.15) is 30.6 Å². The van der Waals surface area contributed by atoms with Crippen molar-refractivity contribution in [1.29, 1.82) is 0 Å². The molecule has 0 spiro atoms. The molecule has 19 heavy (non-hydrogen) atoms. The molecule has 1 atom stereocenters. The molecule has 6 heteroatoms. The number of amides is 2. The number of hydrogen-bond acceptors (Lipinski definition) is 2. The molecule has 0 aliphatic rings. The average molecular weight is 287 g/mol. The van der Waals surface area contributed by atoms with E-state index < -0.39 is 17.8 Å². The predicted molar refractivity (Wildman–Crippen MR) is 71.6 cm³/mol. The van der Waals surface area contributed by atoms with Crippen LogP contribution in [0.5, 0.6) is 0 Å². The van der Waals surface area contributed by atoms with Gasteiger partial charge in [0.25, 0.3) is 5.91 Å². The minimum atomic E-state index is -0.680. The standard InChI is InChI=1S/C13H16ClFN2O2/c1-3-6-16-12(18)8(2)17-13(19)10-5-4-9(15)7-11(10)14/h4-5,7-8H,3,6H2,1-2H3,(H,16,18)(H,17,19). The van der Waals surface area contributed by atoms with Crippen molar-refractivity contribution < 1.29 is 14.0 Å².